The topological polar surface area (TPSA) is 39.2 Å². The van der Waals surface area contributed by atoms with Crippen molar-refractivity contribution in [1.82, 2.24) is 4.98 Å². The van der Waals surface area contributed by atoms with Gasteiger partial charge in [0.25, 0.3) is 0 Å². The molecule has 0 N–H and O–H groups in total. The highest BCUT2D eigenvalue weighted by molar-refractivity contribution is 6.03. The molecule has 2 rings (SSSR count). The minimum absolute atomic E-state index is 0.104. The SMILES string of the molecule is COC(=O)c1cc(C(C)(C)C)nc2ccccc12. The Hall–Kier alpha value is -1.90. The Balaban J connectivity index is 2.77. The summed E-state index contributed by atoms with van der Waals surface area (Å²) in [7, 11) is 1.40. The summed E-state index contributed by atoms with van der Waals surface area (Å²) in [5, 5.41) is 0.831. The molecule has 3 heteroatoms. The van der Waals surface area contributed by atoms with Crippen LogP contribution < -0.4 is 0 Å². The molecule has 0 unspecified atom stereocenters. The standard InChI is InChI=1S/C15H17NO2/c1-15(2,3)13-9-11(14(17)18-4)10-7-5-6-8-12(10)16-13/h5-9H,1-4H3. The van der Waals surface area contributed by atoms with Crippen LogP contribution in [0.1, 0.15) is 36.8 Å². The number of pyridine rings is 1. The van der Waals surface area contributed by atoms with Crippen LogP contribution in [-0.2, 0) is 10.2 Å². The summed E-state index contributed by atoms with van der Waals surface area (Å²) in [4.78, 5) is 16.5. The fraction of sp³-hybridized carbons (Fsp3) is 0.333. The van der Waals surface area contributed by atoms with Gasteiger partial charge in [-0.05, 0) is 12.1 Å². The summed E-state index contributed by atoms with van der Waals surface area (Å²) in [6.45, 7) is 6.22. The zero-order valence-corrected chi connectivity index (χ0v) is 11.2. The highest BCUT2D eigenvalue weighted by atomic mass is 16.5. The molecular formula is C15H17NO2. The predicted molar refractivity (Wildman–Crippen MR) is 71.8 cm³/mol. The predicted octanol–water partition coefficient (Wildman–Crippen LogP) is 3.32. The van der Waals surface area contributed by atoms with Crippen molar-refractivity contribution in [2.45, 2.75) is 26.2 Å². The maximum atomic E-state index is 11.9. The van der Waals surface area contributed by atoms with Crippen LogP contribution >= 0.6 is 0 Å². The molecule has 0 aliphatic carbocycles. The molecule has 0 fully saturated rings. The number of carbonyl (C=O) groups is 1. The molecule has 94 valence electrons. The van der Waals surface area contributed by atoms with E-state index in [1.807, 2.05) is 30.3 Å². The van der Waals surface area contributed by atoms with Crippen molar-refractivity contribution >= 4 is 16.9 Å². The van der Waals surface area contributed by atoms with E-state index in [0.717, 1.165) is 16.6 Å². The molecule has 0 amide bonds. The normalized spacial score (nSPS) is 11.6. The van der Waals surface area contributed by atoms with Gasteiger partial charge in [-0.25, -0.2) is 4.79 Å². The Morgan fingerprint density at radius 3 is 2.50 bits per heavy atom. The minimum atomic E-state index is -0.320. The van der Waals surface area contributed by atoms with Gasteiger partial charge < -0.3 is 4.74 Å². The van der Waals surface area contributed by atoms with E-state index < -0.39 is 0 Å². The van der Waals surface area contributed by atoms with E-state index >= 15 is 0 Å². The van der Waals surface area contributed by atoms with Crippen molar-refractivity contribution in [3.8, 4) is 0 Å². The van der Waals surface area contributed by atoms with E-state index in [1.54, 1.807) is 0 Å². The van der Waals surface area contributed by atoms with Crippen LogP contribution in [0, 0.1) is 0 Å². The number of para-hydroxylation sites is 1. The lowest BCUT2D eigenvalue weighted by molar-refractivity contribution is 0.0602. The quantitative estimate of drug-likeness (QED) is 0.721. The zero-order valence-electron chi connectivity index (χ0n) is 11.2. The lowest BCUT2D eigenvalue weighted by Crippen LogP contribution is -2.15. The van der Waals surface area contributed by atoms with Crippen LogP contribution in [0.2, 0.25) is 0 Å². The molecule has 0 saturated heterocycles. The molecule has 0 radical (unpaired) electrons. The summed E-state index contributed by atoms with van der Waals surface area (Å²) in [5.41, 5.74) is 2.19. The minimum Gasteiger partial charge on any atom is -0.465 e. The molecule has 0 spiro atoms. The first-order valence-corrected chi connectivity index (χ1v) is 5.92. The number of esters is 1. The second-order valence-corrected chi connectivity index (χ2v) is 5.31. The van der Waals surface area contributed by atoms with E-state index in [1.165, 1.54) is 7.11 Å². The van der Waals surface area contributed by atoms with E-state index in [0.29, 0.717) is 5.56 Å². The first-order chi connectivity index (χ1) is 8.43. The van der Waals surface area contributed by atoms with Crippen molar-refractivity contribution in [3.05, 3.63) is 41.6 Å². The van der Waals surface area contributed by atoms with Crippen LogP contribution in [0.3, 0.4) is 0 Å². The Kier molecular flexibility index (Phi) is 3.07. The largest absolute Gasteiger partial charge is 0.465 e. The lowest BCUT2D eigenvalue weighted by Gasteiger charge is -2.19. The third kappa shape index (κ3) is 2.21. The van der Waals surface area contributed by atoms with E-state index in [2.05, 4.69) is 25.8 Å². The van der Waals surface area contributed by atoms with Crippen molar-refractivity contribution in [3.63, 3.8) is 0 Å². The molecule has 0 aliphatic rings. The third-order valence-electron chi connectivity index (χ3n) is 2.89. The fourth-order valence-electron chi connectivity index (χ4n) is 1.84. The number of aromatic nitrogens is 1. The van der Waals surface area contributed by atoms with Crippen molar-refractivity contribution in [1.29, 1.82) is 0 Å². The van der Waals surface area contributed by atoms with Crippen LogP contribution in [0.4, 0.5) is 0 Å². The average Bonchev–Trinajstić information content (AvgIpc) is 2.35. The number of fused-ring (bicyclic) bond motifs is 1. The number of carbonyl (C=O) groups excluding carboxylic acids is 1. The second kappa shape index (κ2) is 4.41. The van der Waals surface area contributed by atoms with Gasteiger partial charge in [-0.3, -0.25) is 4.98 Å². The molecule has 1 heterocycles. The highest BCUT2D eigenvalue weighted by Gasteiger charge is 2.20. The fourth-order valence-corrected chi connectivity index (χ4v) is 1.84. The van der Waals surface area contributed by atoms with Gasteiger partial charge in [0.2, 0.25) is 0 Å². The van der Waals surface area contributed by atoms with Gasteiger partial charge in [0.1, 0.15) is 0 Å². The third-order valence-corrected chi connectivity index (χ3v) is 2.89. The second-order valence-electron chi connectivity index (χ2n) is 5.31. The number of nitrogens with zero attached hydrogens (tertiary/aromatic N) is 1. The van der Waals surface area contributed by atoms with Gasteiger partial charge >= 0.3 is 5.97 Å². The average molecular weight is 243 g/mol. The number of ether oxygens (including phenoxy) is 1. The molecule has 0 bridgehead atoms. The molecule has 0 aliphatic heterocycles. The Labute approximate surface area is 107 Å². The highest BCUT2D eigenvalue weighted by Crippen LogP contribution is 2.26. The lowest BCUT2D eigenvalue weighted by atomic mass is 9.90. The van der Waals surface area contributed by atoms with Crippen LogP contribution in [0.25, 0.3) is 10.9 Å². The summed E-state index contributed by atoms with van der Waals surface area (Å²) < 4.78 is 4.85. The first kappa shape index (κ1) is 12.6. The van der Waals surface area contributed by atoms with Gasteiger partial charge in [-0.15, -0.1) is 0 Å². The molecule has 1 aromatic carbocycles. The van der Waals surface area contributed by atoms with Crippen LogP contribution in [0.15, 0.2) is 30.3 Å². The van der Waals surface area contributed by atoms with Crippen molar-refractivity contribution < 1.29 is 9.53 Å². The van der Waals surface area contributed by atoms with E-state index in [-0.39, 0.29) is 11.4 Å². The maximum Gasteiger partial charge on any atom is 0.338 e. The number of hydrogen-bond donors (Lipinski definition) is 0. The molecule has 3 nitrogen and oxygen atoms in total. The van der Waals surface area contributed by atoms with Crippen LogP contribution in [-0.4, -0.2) is 18.1 Å². The molecular weight excluding hydrogens is 226 g/mol. The van der Waals surface area contributed by atoms with Gasteiger partial charge in [-0.1, -0.05) is 39.0 Å². The zero-order chi connectivity index (χ0) is 13.3. The summed E-state index contributed by atoms with van der Waals surface area (Å²) >= 11 is 0. The number of benzene rings is 1. The summed E-state index contributed by atoms with van der Waals surface area (Å²) in [5.74, 6) is -0.320. The summed E-state index contributed by atoms with van der Waals surface area (Å²) in [6.07, 6.45) is 0. The Morgan fingerprint density at radius 2 is 1.89 bits per heavy atom. The van der Waals surface area contributed by atoms with Gasteiger partial charge in [0.15, 0.2) is 0 Å². The molecule has 0 atom stereocenters. The molecule has 2 aromatic rings. The Morgan fingerprint density at radius 1 is 1.22 bits per heavy atom. The first-order valence-electron chi connectivity index (χ1n) is 5.92. The van der Waals surface area contributed by atoms with E-state index in [4.69, 9.17) is 4.74 Å². The maximum absolute atomic E-state index is 11.9. The van der Waals surface area contributed by atoms with Crippen molar-refractivity contribution in [2.24, 2.45) is 0 Å². The Bertz CT molecular complexity index is 597. The van der Waals surface area contributed by atoms with Gasteiger partial charge in [0, 0.05) is 16.5 Å². The van der Waals surface area contributed by atoms with Crippen LogP contribution in [0.5, 0.6) is 0 Å². The molecule has 0 saturated carbocycles. The molecule has 18 heavy (non-hydrogen) atoms. The number of rotatable bonds is 1. The monoisotopic (exact) mass is 243 g/mol. The van der Waals surface area contributed by atoms with Crippen molar-refractivity contribution in [2.75, 3.05) is 7.11 Å². The molecule has 1 aromatic heterocycles. The number of methoxy groups -OCH3 is 1. The van der Waals surface area contributed by atoms with E-state index in [9.17, 15) is 4.79 Å². The van der Waals surface area contributed by atoms with Gasteiger partial charge in [0.05, 0.1) is 18.2 Å². The van der Waals surface area contributed by atoms with Gasteiger partial charge in [-0.2, -0.15) is 0 Å². The smallest absolute Gasteiger partial charge is 0.338 e. The summed E-state index contributed by atoms with van der Waals surface area (Å²) in [6, 6.07) is 9.45. The number of hydrogen-bond acceptors (Lipinski definition) is 3.